The van der Waals surface area contributed by atoms with Crippen LogP contribution in [0.1, 0.15) is 7.43 Å². The molecule has 0 unspecified atom stereocenters. The Hall–Kier alpha value is -1.44. The second-order valence-corrected chi connectivity index (χ2v) is 2.29. The van der Waals surface area contributed by atoms with Gasteiger partial charge in [-0.2, -0.15) is 0 Å². The summed E-state index contributed by atoms with van der Waals surface area (Å²) < 4.78 is 0. The van der Waals surface area contributed by atoms with Gasteiger partial charge in [-0.25, -0.2) is 0 Å². The van der Waals surface area contributed by atoms with Crippen LogP contribution in [0.15, 0.2) is 30.5 Å². The number of aromatic nitrogens is 1. The quantitative estimate of drug-likeness (QED) is 0.553. The number of H-pyrrole nitrogens is 1. The molecule has 0 aliphatic carbocycles. The second-order valence-electron chi connectivity index (χ2n) is 2.29. The molecule has 0 amide bonds. The lowest BCUT2D eigenvalue weighted by atomic mass is 10.2. The molecule has 2 rings (SSSR count). The third-order valence-electron chi connectivity index (χ3n) is 1.63. The number of hydrogen-bond donors (Lipinski definition) is 2. The maximum atomic E-state index is 5.68. The molecule has 0 bridgehead atoms. The van der Waals surface area contributed by atoms with Gasteiger partial charge in [0.05, 0.1) is 0 Å². The van der Waals surface area contributed by atoms with Crippen molar-refractivity contribution in [1.29, 1.82) is 0 Å². The number of nitrogens with two attached hydrogens (primary N) is 1. The van der Waals surface area contributed by atoms with Crippen molar-refractivity contribution in [3.05, 3.63) is 30.5 Å². The Kier molecular flexibility index (Phi) is 1.85. The Morgan fingerprint density at radius 2 is 2.00 bits per heavy atom. The monoisotopic (exact) mass is 148 g/mol. The molecule has 2 heteroatoms. The van der Waals surface area contributed by atoms with Crippen LogP contribution in [-0.2, 0) is 0 Å². The van der Waals surface area contributed by atoms with Gasteiger partial charge in [0, 0.05) is 22.8 Å². The molecule has 58 valence electrons. The number of fused-ring (bicyclic) bond motifs is 1. The molecule has 1 heterocycles. The molecule has 0 spiro atoms. The highest BCUT2D eigenvalue weighted by Gasteiger charge is 1.94. The Balaban J connectivity index is 0.000000605. The Morgan fingerprint density at radius 3 is 2.73 bits per heavy atom. The van der Waals surface area contributed by atoms with Gasteiger partial charge in [-0.1, -0.05) is 13.5 Å². The van der Waals surface area contributed by atoms with E-state index >= 15 is 0 Å². The average molecular weight is 148 g/mol. The molecule has 2 nitrogen and oxygen atoms in total. The van der Waals surface area contributed by atoms with Gasteiger partial charge >= 0.3 is 0 Å². The van der Waals surface area contributed by atoms with Crippen LogP contribution in [0.3, 0.4) is 0 Å². The SMILES string of the molecule is C.Nc1cccc2[nH]ccc12. The second kappa shape index (κ2) is 2.66. The fourth-order valence-corrected chi connectivity index (χ4v) is 1.11. The number of anilines is 1. The highest BCUT2D eigenvalue weighted by atomic mass is 14.7. The van der Waals surface area contributed by atoms with Crippen molar-refractivity contribution in [3.63, 3.8) is 0 Å². The molecule has 1 aromatic heterocycles. The van der Waals surface area contributed by atoms with E-state index in [9.17, 15) is 0 Å². The fraction of sp³-hybridized carbons (Fsp3) is 0.111. The highest BCUT2D eigenvalue weighted by Crippen LogP contribution is 2.18. The molecule has 2 aromatic rings. The molecule has 0 aliphatic heterocycles. The van der Waals surface area contributed by atoms with Crippen molar-refractivity contribution < 1.29 is 0 Å². The van der Waals surface area contributed by atoms with Crippen molar-refractivity contribution in [2.75, 3.05) is 5.73 Å². The van der Waals surface area contributed by atoms with E-state index in [0.717, 1.165) is 16.6 Å². The third-order valence-corrected chi connectivity index (χ3v) is 1.63. The number of aromatic amines is 1. The number of nitrogens with one attached hydrogen (secondary N) is 1. The van der Waals surface area contributed by atoms with Crippen LogP contribution < -0.4 is 5.73 Å². The number of rotatable bonds is 0. The molecular formula is C9H12N2. The molecule has 0 saturated heterocycles. The smallest absolute Gasteiger partial charge is 0.0474 e. The molecule has 0 atom stereocenters. The number of nitrogen functional groups attached to an aromatic ring is 1. The van der Waals surface area contributed by atoms with E-state index in [-0.39, 0.29) is 7.43 Å². The van der Waals surface area contributed by atoms with E-state index in [2.05, 4.69) is 4.98 Å². The molecule has 0 fully saturated rings. The zero-order chi connectivity index (χ0) is 6.97. The van der Waals surface area contributed by atoms with Crippen LogP contribution >= 0.6 is 0 Å². The van der Waals surface area contributed by atoms with E-state index in [1.807, 2.05) is 30.5 Å². The Bertz CT molecular complexity index is 349. The topological polar surface area (TPSA) is 41.8 Å². The van der Waals surface area contributed by atoms with Crippen LogP contribution in [0.4, 0.5) is 5.69 Å². The fourth-order valence-electron chi connectivity index (χ4n) is 1.11. The Morgan fingerprint density at radius 1 is 1.18 bits per heavy atom. The van der Waals surface area contributed by atoms with Crippen molar-refractivity contribution in [3.8, 4) is 0 Å². The van der Waals surface area contributed by atoms with E-state index in [1.54, 1.807) is 0 Å². The first-order valence-corrected chi connectivity index (χ1v) is 3.19. The number of hydrogen-bond acceptors (Lipinski definition) is 1. The summed E-state index contributed by atoms with van der Waals surface area (Å²) in [5.74, 6) is 0. The van der Waals surface area contributed by atoms with Gasteiger partial charge in [-0.3, -0.25) is 0 Å². The van der Waals surface area contributed by atoms with Gasteiger partial charge in [0.25, 0.3) is 0 Å². The van der Waals surface area contributed by atoms with E-state index in [4.69, 9.17) is 5.73 Å². The molecule has 1 aromatic carbocycles. The van der Waals surface area contributed by atoms with Gasteiger partial charge in [0.15, 0.2) is 0 Å². The Labute approximate surface area is 66.0 Å². The van der Waals surface area contributed by atoms with Gasteiger partial charge in [-0.05, 0) is 18.2 Å². The molecule has 0 aliphatic rings. The standard InChI is InChI=1S/C8H8N2.CH4/c9-7-2-1-3-8-6(7)4-5-10-8;/h1-5,10H,9H2;1H4. The molecule has 0 radical (unpaired) electrons. The van der Waals surface area contributed by atoms with Crippen LogP contribution in [0, 0.1) is 0 Å². The lowest BCUT2D eigenvalue weighted by Gasteiger charge is -1.92. The highest BCUT2D eigenvalue weighted by molar-refractivity contribution is 5.90. The summed E-state index contributed by atoms with van der Waals surface area (Å²) in [5.41, 5.74) is 7.61. The minimum absolute atomic E-state index is 0. The van der Waals surface area contributed by atoms with Crippen molar-refractivity contribution in [2.24, 2.45) is 0 Å². The van der Waals surface area contributed by atoms with Gasteiger partial charge < -0.3 is 10.7 Å². The largest absolute Gasteiger partial charge is 0.398 e. The van der Waals surface area contributed by atoms with Crippen LogP contribution in [0.2, 0.25) is 0 Å². The summed E-state index contributed by atoms with van der Waals surface area (Å²) >= 11 is 0. The van der Waals surface area contributed by atoms with Crippen molar-refractivity contribution in [1.82, 2.24) is 4.98 Å². The maximum absolute atomic E-state index is 5.68. The van der Waals surface area contributed by atoms with E-state index in [0.29, 0.717) is 0 Å². The lowest BCUT2D eigenvalue weighted by Crippen LogP contribution is -1.82. The summed E-state index contributed by atoms with van der Waals surface area (Å²) in [6.45, 7) is 0. The van der Waals surface area contributed by atoms with E-state index < -0.39 is 0 Å². The zero-order valence-electron chi connectivity index (χ0n) is 5.46. The first-order chi connectivity index (χ1) is 4.88. The first kappa shape index (κ1) is 7.66. The predicted octanol–water partition coefficient (Wildman–Crippen LogP) is 2.39. The zero-order valence-corrected chi connectivity index (χ0v) is 5.46. The summed E-state index contributed by atoms with van der Waals surface area (Å²) in [6, 6.07) is 7.82. The first-order valence-electron chi connectivity index (χ1n) is 3.19. The van der Waals surface area contributed by atoms with Crippen molar-refractivity contribution in [2.45, 2.75) is 7.43 Å². The maximum Gasteiger partial charge on any atom is 0.0474 e. The summed E-state index contributed by atoms with van der Waals surface area (Å²) in [5, 5.41) is 1.10. The van der Waals surface area contributed by atoms with Crippen molar-refractivity contribution >= 4 is 16.6 Å². The summed E-state index contributed by atoms with van der Waals surface area (Å²) in [6.07, 6.45) is 1.89. The van der Waals surface area contributed by atoms with Gasteiger partial charge in [-0.15, -0.1) is 0 Å². The molecule has 11 heavy (non-hydrogen) atoms. The van der Waals surface area contributed by atoms with Gasteiger partial charge in [0.2, 0.25) is 0 Å². The summed E-state index contributed by atoms with van der Waals surface area (Å²) in [7, 11) is 0. The van der Waals surface area contributed by atoms with Crippen LogP contribution in [0.5, 0.6) is 0 Å². The van der Waals surface area contributed by atoms with Crippen LogP contribution in [-0.4, -0.2) is 4.98 Å². The van der Waals surface area contributed by atoms with Crippen LogP contribution in [0.25, 0.3) is 10.9 Å². The molecule has 0 saturated carbocycles. The summed E-state index contributed by atoms with van der Waals surface area (Å²) in [4.78, 5) is 3.08. The lowest BCUT2D eigenvalue weighted by molar-refractivity contribution is 1.48. The average Bonchev–Trinajstić information content (AvgIpc) is 2.36. The minimum Gasteiger partial charge on any atom is -0.398 e. The molecular weight excluding hydrogens is 136 g/mol. The van der Waals surface area contributed by atoms with Gasteiger partial charge in [0.1, 0.15) is 0 Å². The third kappa shape index (κ3) is 1.07. The van der Waals surface area contributed by atoms with E-state index in [1.165, 1.54) is 0 Å². The predicted molar refractivity (Wildman–Crippen MR) is 49.4 cm³/mol. The normalized spacial score (nSPS) is 9.45. The molecule has 3 N–H and O–H groups in total. The number of benzene rings is 1. The minimum atomic E-state index is 0.